The molecule has 0 radical (unpaired) electrons. The number of benzene rings is 9. The van der Waals surface area contributed by atoms with Gasteiger partial charge in [-0.05, 0) is 67.4 Å². The van der Waals surface area contributed by atoms with E-state index in [1.54, 1.807) is 0 Å². The van der Waals surface area contributed by atoms with Crippen LogP contribution in [0.4, 0.5) is 0 Å². The van der Waals surface area contributed by atoms with Crippen LogP contribution in [0.25, 0.3) is 120 Å². The summed E-state index contributed by atoms with van der Waals surface area (Å²) >= 11 is 1.84. The molecule has 55 heavy (non-hydrogen) atoms. The Hall–Kier alpha value is -7.08. The molecule has 254 valence electrons. The standard InChI is InChI=1S/C50H28N4S/c1-2-11-32(12-3-1)48-52-49(54-50(53-48)38-26-24-31-22-21-29-13-10-14-30-23-25-35(38)44(31)43(29)30)37-28-27-36(33-15-4-5-16-34(33)37)46-45-40-18-7-9-20-42(40)55-47(45)39-17-6-8-19-41(39)51-46/h1-28H. The maximum atomic E-state index is 5.39. The second kappa shape index (κ2) is 11.7. The van der Waals surface area contributed by atoms with Crippen LogP contribution in [0, 0.1) is 0 Å². The summed E-state index contributed by atoms with van der Waals surface area (Å²) in [6.45, 7) is 0. The monoisotopic (exact) mass is 716 g/mol. The average Bonchev–Trinajstić information content (AvgIpc) is 3.65. The van der Waals surface area contributed by atoms with E-state index in [0.29, 0.717) is 17.5 Å². The lowest BCUT2D eigenvalue weighted by atomic mass is 9.91. The molecule has 0 bridgehead atoms. The van der Waals surface area contributed by atoms with Crippen LogP contribution in [0.15, 0.2) is 170 Å². The molecule has 0 aliphatic rings. The number of pyridine rings is 1. The summed E-state index contributed by atoms with van der Waals surface area (Å²) in [7, 11) is 0. The lowest BCUT2D eigenvalue weighted by Gasteiger charge is -2.16. The van der Waals surface area contributed by atoms with Crippen molar-refractivity contribution in [2.75, 3.05) is 0 Å². The molecule has 0 aliphatic carbocycles. The minimum Gasteiger partial charge on any atom is -0.247 e. The van der Waals surface area contributed by atoms with Crippen LogP contribution < -0.4 is 0 Å². The molecule has 0 N–H and O–H groups in total. The lowest BCUT2D eigenvalue weighted by Crippen LogP contribution is -2.01. The van der Waals surface area contributed by atoms with Gasteiger partial charge in [-0.2, -0.15) is 0 Å². The van der Waals surface area contributed by atoms with Gasteiger partial charge in [0.1, 0.15) is 0 Å². The van der Waals surface area contributed by atoms with Crippen molar-refractivity contribution in [2.45, 2.75) is 0 Å². The second-order valence-electron chi connectivity index (χ2n) is 14.1. The summed E-state index contributed by atoms with van der Waals surface area (Å²) < 4.78 is 2.52. The van der Waals surface area contributed by atoms with Crippen molar-refractivity contribution in [3.63, 3.8) is 0 Å². The zero-order valence-electron chi connectivity index (χ0n) is 29.4. The minimum atomic E-state index is 0.634. The molecule has 0 unspecified atom stereocenters. The fourth-order valence-electron chi connectivity index (χ4n) is 8.57. The van der Waals surface area contributed by atoms with Gasteiger partial charge in [0.05, 0.1) is 11.2 Å². The van der Waals surface area contributed by atoms with Crippen LogP contribution >= 0.6 is 11.3 Å². The van der Waals surface area contributed by atoms with Gasteiger partial charge in [0.15, 0.2) is 17.5 Å². The summed E-state index contributed by atoms with van der Waals surface area (Å²) in [5.74, 6) is 1.93. The number of para-hydroxylation sites is 1. The van der Waals surface area contributed by atoms with Crippen LogP contribution in [0.1, 0.15) is 0 Å². The fourth-order valence-corrected chi connectivity index (χ4v) is 9.81. The molecule has 0 saturated heterocycles. The maximum Gasteiger partial charge on any atom is 0.164 e. The van der Waals surface area contributed by atoms with E-state index < -0.39 is 0 Å². The van der Waals surface area contributed by atoms with Gasteiger partial charge in [-0.15, -0.1) is 11.3 Å². The molecule has 5 heteroatoms. The predicted octanol–water partition coefficient (Wildman–Crippen LogP) is 13.5. The van der Waals surface area contributed by atoms with Crippen LogP contribution in [0.3, 0.4) is 0 Å². The summed E-state index contributed by atoms with van der Waals surface area (Å²) in [6, 6.07) is 60.1. The number of hydrogen-bond donors (Lipinski definition) is 0. The van der Waals surface area contributed by atoms with Crippen molar-refractivity contribution in [2.24, 2.45) is 0 Å². The molecule has 0 aliphatic heterocycles. The number of rotatable bonds is 4. The van der Waals surface area contributed by atoms with E-state index in [2.05, 4.69) is 152 Å². The Balaban J connectivity index is 1.12. The van der Waals surface area contributed by atoms with Crippen molar-refractivity contribution < 1.29 is 0 Å². The highest BCUT2D eigenvalue weighted by Gasteiger charge is 2.21. The van der Waals surface area contributed by atoms with E-state index in [-0.39, 0.29) is 0 Å². The molecule has 12 rings (SSSR count). The Labute approximate surface area is 319 Å². The van der Waals surface area contributed by atoms with Crippen molar-refractivity contribution in [3.05, 3.63) is 170 Å². The number of thiophene rings is 1. The molecule has 0 fully saturated rings. The van der Waals surface area contributed by atoms with Crippen molar-refractivity contribution in [1.29, 1.82) is 0 Å². The summed E-state index contributed by atoms with van der Waals surface area (Å²) in [4.78, 5) is 21.1. The first-order valence-corrected chi connectivity index (χ1v) is 19.3. The second-order valence-corrected chi connectivity index (χ2v) is 15.2. The van der Waals surface area contributed by atoms with Crippen LogP contribution in [-0.4, -0.2) is 19.9 Å². The Morgan fingerprint density at radius 1 is 0.327 bits per heavy atom. The van der Waals surface area contributed by atoms with Crippen molar-refractivity contribution >= 4 is 85.5 Å². The smallest absolute Gasteiger partial charge is 0.164 e. The van der Waals surface area contributed by atoms with E-state index in [0.717, 1.165) is 49.6 Å². The van der Waals surface area contributed by atoms with Gasteiger partial charge in [-0.1, -0.05) is 146 Å². The minimum absolute atomic E-state index is 0.634. The van der Waals surface area contributed by atoms with E-state index >= 15 is 0 Å². The Morgan fingerprint density at radius 3 is 1.69 bits per heavy atom. The first-order chi connectivity index (χ1) is 27.3. The molecule has 4 nitrogen and oxygen atoms in total. The zero-order valence-corrected chi connectivity index (χ0v) is 30.2. The number of aromatic nitrogens is 4. The Morgan fingerprint density at radius 2 is 0.891 bits per heavy atom. The molecule has 0 atom stereocenters. The fraction of sp³-hybridized carbons (Fsp3) is 0. The molecule has 0 saturated carbocycles. The highest BCUT2D eigenvalue weighted by molar-refractivity contribution is 7.26. The van der Waals surface area contributed by atoms with Crippen LogP contribution in [0.2, 0.25) is 0 Å². The van der Waals surface area contributed by atoms with E-state index in [1.807, 2.05) is 29.5 Å². The van der Waals surface area contributed by atoms with Gasteiger partial charge in [-0.25, -0.2) is 19.9 Å². The third-order valence-corrected chi connectivity index (χ3v) is 12.3. The van der Waals surface area contributed by atoms with Crippen LogP contribution in [-0.2, 0) is 0 Å². The molecule has 12 aromatic rings. The van der Waals surface area contributed by atoms with Crippen molar-refractivity contribution in [1.82, 2.24) is 19.9 Å². The Bertz CT molecular complexity index is 3480. The maximum absolute atomic E-state index is 5.39. The largest absolute Gasteiger partial charge is 0.247 e. The molecular weight excluding hydrogens is 689 g/mol. The molecule has 3 aromatic heterocycles. The summed E-state index contributed by atoms with van der Waals surface area (Å²) in [5, 5.41) is 13.1. The molecular formula is C50H28N4S. The third kappa shape index (κ3) is 4.57. The predicted molar refractivity (Wildman–Crippen MR) is 231 cm³/mol. The quantitative estimate of drug-likeness (QED) is 0.170. The highest BCUT2D eigenvalue weighted by Crippen LogP contribution is 2.45. The summed E-state index contributed by atoms with van der Waals surface area (Å²) in [5.41, 5.74) is 5.95. The lowest BCUT2D eigenvalue weighted by molar-refractivity contribution is 1.08. The van der Waals surface area contributed by atoms with Crippen LogP contribution in [0.5, 0.6) is 0 Å². The molecule has 9 aromatic carbocycles. The SMILES string of the molecule is c1ccc(-c2nc(-c3ccc(-c4nc5ccccc5c5sc6ccccc6c45)c4ccccc34)nc(-c3ccc4ccc5cccc6ccc3c4c56)n2)cc1. The molecule has 0 spiro atoms. The van der Waals surface area contributed by atoms with Gasteiger partial charge in [0.25, 0.3) is 0 Å². The van der Waals surface area contributed by atoms with E-state index in [4.69, 9.17) is 19.9 Å². The number of nitrogens with zero attached hydrogens (tertiary/aromatic N) is 4. The summed E-state index contributed by atoms with van der Waals surface area (Å²) in [6.07, 6.45) is 0. The number of fused-ring (bicyclic) bond motifs is 6. The Kier molecular flexibility index (Phi) is 6.47. The zero-order chi connectivity index (χ0) is 36.0. The van der Waals surface area contributed by atoms with Crippen molar-refractivity contribution in [3.8, 4) is 45.4 Å². The number of hydrogen-bond acceptors (Lipinski definition) is 5. The van der Waals surface area contributed by atoms with E-state index in [1.165, 1.54) is 52.5 Å². The topological polar surface area (TPSA) is 51.6 Å². The van der Waals surface area contributed by atoms with Gasteiger partial charge >= 0.3 is 0 Å². The first-order valence-electron chi connectivity index (χ1n) is 18.5. The first kappa shape index (κ1) is 30.4. The molecule has 3 heterocycles. The third-order valence-electron chi connectivity index (χ3n) is 11.1. The molecule has 0 amide bonds. The average molecular weight is 717 g/mol. The highest BCUT2D eigenvalue weighted by atomic mass is 32.1. The van der Waals surface area contributed by atoms with Gasteiger partial charge in [-0.3, -0.25) is 0 Å². The normalized spacial score (nSPS) is 12.0. The van der Waals surface area contributed by atoms with Gasteiger partial charge in [0.2, 0.25) is 0 Å². The van der Waals surface area contributed by atoms with E-state index in [9.17, 15) is 0 Å². The van der Waals surface area contributed by atoms with Gasteiger partial charge < -0.3 is 0 Å². The van der Waals surface area contributed by atoms with Gasteiger partial charge in [0, 0.05) is 47.8 Å².